The van der Waals surface area contributed by atoms with Crippen LogP contribution in [0, 0.1) is 17.7 Å². The fraction of sp³-hybridized carbons (Fsp3) is 0.529. The number of hydrogen-bond acceptors (Lipinski definition) is 3. The normalized spacial score (nSPS) is 20.8. The molecule has 1 aromatic rings. The van der Waals surface area contributed by atoms with E-state index in [9.17, 15) is 14.0 Å². The van der Waals surface area contributed by atoms with Crippen LogP contribution in [0.1, 0.15) is 25.7 Å². The Kier molecular flexibility index (Phi) is 6.52. The Hall–Kier alpha value is -1.95. The standard InChI is InChI=1S/C17H23FN2O3/c1-23-11-10-19-16(21)12-6-8-13(9-7-12)17(22)20-15-5-3-2-4-14(15)18/h2-5,12-13H,6-11H2,1H3,(H,19,21)(H,20,22). The van der Waals surface area contributed by atoms with Crippen molar-refractivity contribution in [2.24, 2.45) is 11.8 Å². The molecule has 1 saturated carbocycles. The summed E-state index contributed by atoms with van der Waals surface area (Å²) in [5, 5.41) is 5.47. The molecule has 0 unspecified atom stereocenters. The number of methoxy groups -OCH3 is 1. The van der Waals surface area contributed by atoms with Gasteiger partial charge in [0.15, 0.2) is 0 Å². The summed E-state index contributed by atoms with van der Waals surface area (Å²) in [5.41, 5.74) is 0.205. The van der Waals surface area contributed by atoms with E-state index in [1.54, 1.807) is 25.3 Å². The van der Waals surface area contributed by atoms with Gasteiger partial charge in [0, 0.05) is 25.5 Å². The molecule has 5 nitrogen and oxygen atoms in total. The number of carbonyl (C=O) groups excluding carboxylic acids is 2. The van der Waals surface area contributed by atoms with E-state index in [1.807, 2.05) is 0 Å². The smallest absolute Gasteiger partial charge is 0.227 e. The quantitative estimate of drug-likeness (QED) is 0.790. The minimum absolute atomic E-state index is 0.0232. The molecule has 1 aliphatic carbocycles. The fourth-order valence-electron chi connectivity index (χ4n) is 2.84. The average Bonchev–Trinajstić information content (AvgIpc) is 2.57. The summed E-state index contributed by atoms with van der Waals surface area (Å²) in [6, 6.07) is 6.12. The first kappa shape index (κ1) is 17.4. The lowest BCUT2D eigenvalue weighted by atomic mass is 9.81. The highest BCUT2D eigenvalue weighted by atomic mass is 19.1. The Morgan fingerprint density at radius 3 is 2.35 bits per heavy atom. The van der Waals surface area contributed by atoms with Crippen LogP contribution in [0.15, 0.2) is 24.3 Å². The van der Waals surface area contributed by atoms with Gasteiger partial charge in [-0.1, -0.05) is 12.1 Å². The maximum Gasteiger partial charge on any atom is 0.227 e. The Balaban J connectivity index is 1.78. The number of amides is 2. The van der Waals surface area contributed by atoms with Crippen molar-refractivity contribution >= 4 is 17.5 Å². The van der Waals surface area contributed by atoms with Crippen LogP contribution in [0.25, 0.3) is 0 Å². The topological polar surface area (TPSA) is 67.4 Å². The first-order valence-electron chi connectivity index (χ1n) is 7.94. The van der Waals surface area contributed by atoms with Crippen LogP contribution in [0.3, 0.4) is 0 Å². The minimum atomic E-state index is -0.438. The van der Waals surface area contributed by atoms with Crippen LogP contribution in [0.2, 0.25) is 0 Å². The molecule has 0 atom stereocenters. The number of rotatable bonds is 6. The average molecular weight is 322 g/mol. The van der Waals surface area contributed by atoms with Crippen LogP contribution in [-0.4, -0.2) is 32.1 Å². The lowest BCUT2D eigenvalue weighted by Gasteiger charge is -2.27. The molecule has 1 fully saturated rings. The molecule has 126 valence electrons. The van der Waals surface area contributed by atoms with Crippen molar-refractivity contribution < 1.29 is 18.7 Å². The molecular formula is C17H23FN2O3. The number of anilines is 1. The second kappa shape index (κ2) is 8.62. The van der Waals surface area contributed by atoms with Crippen molar-refractivity contribution in [3.63, 3.8) is 0 Å². The zero-order valence-corrected chi connectivity index (χ0v) is 13.3. The van der Waals surface area contributed by atoms with E-state index in [2.05, 4.69) is 10.6 Å². The minimum Gasteiger partial charge on any atom is -0.383 e. The second-order valence-corrected chi connectivity index (χ2v) is 5.80. The van der Waals surface area contributed by atoms with Gasteiger partial charge in [-0.3, -0.25) is 9.59 Å². The summed E-state index contributed by atoms with van der Waals surface area (Å²) in [4.78, 5) is 24.2. The third kappa shape index (κ3) is 5.03. The van der Waals surface area contributed by atoms with E-state index in [-0.39, 0.29) is 29.3 Å². The summed E-state index contributed by atoms with van der Waals surface area (Å²) in [6.45, 7) is 0.995. The molecular weight excluding hydrogens is 299 g/mol. The first-order valence-corrected chi connectivity index (χ1v) is 7.94. The van der Waals surface area contributed by atoms with Gasteiger partial charge in [0.05, 0.1) is 12.3 Å². The van der Waals surface area contributed by atoms with Crippen molar-refractivity contribution in [3.8, 4) is 0 Å². The number of ether oxygens (including phenoxy) is 1. The molecule has 0 aromatic heterocycles. The third-order valence-corrected chi connectivity index (χ3v) is 4.21. The number of para-hydroxylation sites is 1. The molecule has 0 saturated heterocycles. The van der Waals surface area contributed by atoms with Crippen molar-refractivity contribution in [2.75, 3.05) is 25.6 Å². The van der Waals surface area contributed by atoms with Gasteiger partial charge in [0.1, 0.15) is 5.82 Å². The van der Waals surface area contributed by atoms with Gasteiger partial charge in [0.2, 0.25) is 11.8 Å². The van der Waals surface area contributed by atoms with Gasteiger partial charge in [-0.15, -0.1) is 0 Å². The maximum atomic E-state index is 13.6. The molecule has 0 aliphatic heterocycles. The van der Waals surface area contributed by atoms with Crippen LogP contribution in [-0.2, 0) is 14.3 Å². The highest BCUT2D eigenvalue weighted by Crippen LogP contribution is 2.30. The number of benzene rings is 1. The number of carbonyl (C=O) groups is 2. The Morgan fingerprint density at radius 2 is 1.74 bits per heavy atom. The molecule has 23 heavy (non-hydrogen) atoms. The first-order chi connectivity index (χ1) is 11.1. The lowest BCUT2D eigenvalue weighted by Crippen LogP contribution is -2.36. The predicted molar refractivity (Wildman–Crippen MR) is 85.4 cm³/mol. The highest BCUT2D eigenvalue weighted by Gasteiger charge is 2.30. The van der Waals surface area contributed by atoms with Crippen LogP contribution >= 0.6 is 0 Å². The van der Waals surface area contributed by atoms with E-state index in [0.29, 0.717) is 38.8 Å². The van der Waals surface area contributed by atoms with E-state index in [0.717, 1.165) is 0 Å². The van der Waals surface area contributed by atoms with Gasteiger partial charge in [-0.05, 0) is 37.8 Å². The monoisotopic (exact) mass is 322 g/mol. The van der Waals surface area contributed by atoms with E-state index in [1.165, 1.54) is 6.07 Å². The zero-order valence-electron chi connectivity index (χ0n) is 13.3. The van der Waals surface area contributed by atoms with Crippen molar-refractivity contribution in [2.45, 2.75) is 25.7 Å². The highest BCUT2D eigenvalue weighted by molar-refractivity contribution is 5.92. The van der Waals surface area contributed by atoms with Gasteiger partial charge in [-0.25, -0.2) is 4.39 Å². The van der Waals surface area contributed by atoms with E-state index in [4.69, 9.17) is 4.74 Å². The van der Waals surface area contributed by atoms with Crippen molar-refractivity contribution in [3.05, 3.63) is 30.1 Å². The lowest BCUT2D eigenvalue weighted by molar-refractivity contribution is -0.128. The predicted octanol–water partition coefficient (Wildman–Crippen LogP) is 2.33. The zero-order chi connectivity index (χ0) is 16.7. The molecule has 6 heteroatoms. The van der Waals surface area contributed by atoms with Gasteiger partial charge < -0.3 is 15.4 Å². The Morgan fingerprint density at radius 1 is 1.13 bits per heavy atom. The fourth-order valence-corrected chi connectivity index (χ4v) is 2.84. The van der Waals surface area contributed by atoms with Gasteiger partial charge >= 0.3 is 0 Å². The summed E-state index contributed by atoms with van der Waals surface area (Å²) >= 11 is 0. The van der Waals surface area contributed by atoms with E-state index >= 15 is 0 Å². The molecule has 0 spiro atoms. The number of halogens is 1. The second-order valence-electron chi connectivity index (χ2n) is 5.80. The molecule has 0 radical (unpaired) electrons. The molecule has 2 amide bonds. The van der Waals surface area contributed by atoms with Crippen LogP contribution in [0.5, 0.6) is 0 Å². The third-order valence-electron chi connectivity index (χ3n) is 4.21. The molecule has 2 N–H and O–H groups in total. The molecule has 0 heterocycles. The SMILES string of the molecule is COCCNC(=O)C1CCC(C(=O)Nc2ccccc2F)CC1. The molecule has 1 aliphatic rings. The Bertz CT molecular complexity index is 542. The molecule has 0 bridgehead atoms. The largest absolute Gasteiger partial charge is 0.383 e. The summed E-state index contributed by atoms with van der Waals surface area (Å²) in [5.74, 6) is -0.808. The molecule has 1 aromatic carbocycles. The number of hydrogen-bond donors (Lipinski definition) is 2. The summed E-state index contributed by atoms with van der Waals surface area (Å²) in [7, 11) is 1.59. The summed E-state index contributed by atoms with van der Waals surface area (Å²) < 4.78 is 18.5. The van der Waals surface area contributed by atoms with Crippen molar-refractivity contribution in [1.29, 1.82) is 0 Å². The van der Waals surface area contributed by atoms with Crippen LogP contribution in [0.4, 0.5) is 10.1 Å². The Labute approximate surface area is 135 Å². The maximum absolute atomic E-state index is 13.6. The van der Waals surface area contributed by atoms with Crippen LogP contribution < -0.4 is 10.6 Å². The number of nitrogens with one attached hydrogen (secondary N) is 2. The summed E-state index contributed by atoms with van der Waals surface area (Å²) in [6.07, 6.45) is 2.63. The van der Waals surface area contributed by atoms with Crippen molar-refractivity contribution in [1.82, 2.24) is 5.32 Å². The van der Waals surface area contributed by atoms with Gasteiger partial charge in [0.25, 0.3) is 0 Å². The molecule has 2 rings (SSSR count). The van der Waals surface area contributed by atoms with Gasteiger partial charge in [-0.2, -0.15) is 0 Å². The van der Waals surface area contributed by atoms with E-state index < -0.39 is 5.82 Å².